The van der Waals surface area contributed by atoms with Crippen molar-refractivity contribution in [2.24, 2.45) is 18.7 Å². The average Bonchev–Trinajstić information content (AvgIpc) is 2.91. The first-order chi connectivity index (χ1) is 8.18. The number of aryl methyl sites for hydroxylation is 1. The van der Waals surface area contributed by atoms with E-state index in [9.17, 15) is 4.79 Å². The largest absolute Gasteiger partial charge is 0.376 e. The first-order valence-corrected chi connectivity index (χ1v) is 5.83. The normalized spacial score (nSPS) is 35.2. The molecule has 0 spiro atoms. The number of nitrogens with zero attached hydrogens (tertiary/aromatic N) is 2. The van der Waals surface area contributed by atoms with Crippen LogP contribution in [0.1, 0.15) is 16.9 Å². The van der Waals surface area contributed by atoms with Gasteiger partial charge in [0.25, 0.3) is 5.91 Å². The second kappa shape index (κ2) is 3.82. The zero-order chi connectivity index (χ0) is 12.0. The summed E-state index contributed by atoms with van der Waals surface area (Å²) in [6, 6.07) is -0.0513. The SMILES string of the molecule is Cn1cncc1C(=O)NC1C(N)C2CCOC21. The Hall–Kier alpha value is -1.40. The summed E-state index contributed by atoms with van der Waals surface area (Å²) in [6.07, 6.45) is 4.25. The van der Waals surface area contributed by atoms with Crippen LogP contribution in [0.5, 0.6) is 0 Å². The highest BCUT2D eigenvalue weighted by Gasteiger charge is 2.52. The first-order valence-electron chi connectivity index (χ1n) is 5.83. The maximum atomic E-state index is 12.0. The van der Waals surface area contributed by atoms with Crippen molar-refractivity contribution in [3.63, 3.8) is 0 Å². The van der Waals surface area contributed by atoms with Gasteiger partial charge in [0, 0.05) is 25.6 Å². The summed E-state index contributed by atoms with van der Waals surface area (Å²) in [6.45, 7) is 0.751. The number of aromatic nitrogens is 2. The predicted molar refractivity (Wildman–Crippen MR) is 60.3 cm³/mol. The Morgan fingerprint density at radius 2 is 2.53 bits per heavy atom. The van der Waals surface area contributed by atoms with Crippen molar-refractivity contribution in [3.8, 4) is 0 Å². The Labute approximate surface area is 99.1 Å². The molecule has 4 unspecified atom stereocenters. The summed E-state index contributed by atoms with van der Waals surface area (Å²) in [7, 11) is 1.79. The Morgan fingerprint density at radius 3 is 3.24 bits per heavy atom. The minimum Gasteiger partial charge on any atom is -0.376 e. The molecule has 1 amide bonds. The fourth-order valence-corrected chi connectivity index (χ4v) is 2.73. The van der Waals surface area contributed by atoms with Gasteiger partial charge in [0.2, 0.25) is 0 Å². The van der Waals surface area contributed by atoms with Gasteiger partial charge in [0.15, 0.2) is 0 Å². The summed E-state index contributed by atoms with van der Waals surface area (Å²) >= 11 is 0. The number of nitrogens with two attached hydrogens (primary N) is 1. The fourth-order valence-electron chi connectivity index (χ4n) is 2.73. The monoisotopic (exact) mass is 236 g/mol. The van der Waals surface area contributed by atoms with Gasteiger partial charge < -0.3 is 20.4 Å². The number of carbonyl (C=O) groups is 1. The molecule has 2 heterocycles. The van der Waals surface area contributed by atoms with E-state index in [2.05, 4.69) is 10.3 Å². The van der Waals surface area contributed by atoms with E-state index < -0.39 is 0 Å². The molecule has 1 aliphatic heterocycles. The number of hydrogen-bond acceptors (Lipinski definition) is 4. The standard InChI is InChI=1S/C11H16N4O2/c1-15-5-13-4-7(15)11(16)14-9-8(12)6-2-3-17-10(6)9/h4-6,8-10H,2-3,12H2,1H3,(H,14,16). The summed E-state index contributed by atoms with van der Waals surface area (Å²) in [5, 5.41) is 2.93. The number of nitrogens with one attached hydrogen (secondary N) is 1. The molecule has 1 saturated heterocycles. The second-order valence-corrected chi connectivity index (χ2v) is 4.75. The van der Waals surface area contributed by atoms with E-state index in [-0.39, 0.29) is 24.1 Å². The fraction of sp³-hybridized carbons (Fsp3) is 0.636. The Kier molecular flexibility index (Phi) is 2.41. The van der Waals surface area contributed by atoms with Gasteiger partial charge in [-0.05, 0) is 6.42 Å². The number of hydrogen-bond donors (Lipinski definition) is 2. The minimum absolute atomic E-state index is 0.0136. The van der Waals surface area contributed by atoms with Crippen molar-refractivity contribution in [2.45, 2.75) is 24.6 Å². The van der Waals surface area contributed by atoms with Crippen LogP contribution < -0.4 is 11.1 Å². The molecular weight excluding hydrogens is 220 g/mol. The number of amides is 1. The molecule has 6 nitrogen and oxygen atoms in total. The van der Waals surface area contributed by atoms with Crippen molar-refractivity contribution in [1.82, 2.24) is 14.9 Å². The minimum atomic E-state index is -0.139. The molecule has 0 aromatic carbocycles. The van der Waals surface area contributed by atoms with E-state index in [1.165, 1.54) is 0 Å². The van der Waals surface area contributed by atoms with Crippen LogP contribution in [0.3, 0.4) is 0 Å². The number of carbonyl (C=O) groups excluding carboxylic acids is 1. The van der Waals surface area contributed by atoms with E-state index >= 15 is 0 Å². The third-order valence-corrected chi connectivity index (χ3v) is 3.79. The van der Waals surface area contributed by atoms with Crippen LogP contribution >= 0.6 is 0 Å². The zero-order valence-corrected chi connectivity index (χ0v) is 9.67. The zero-order valence-electron chi connectivity index (χ0n) is 9.67. The Morgan fingerprint density at radius 1 is 1.71 bits per heavy atom. The molecule has 0 radical (unpaired) electrons. The smallest absolute Gasteiger partial charge is 0.269 e. The van der Waals surface area contributed by atoms with E-state index in [0.717, 1.165) is 13.0 Å². The van der Waals surface area contributed by atoms with Crippen molar-refractivity contribution < 1.29 is 9.53 Å². The summed E-state index contributed by atoms with van der Waals surface area (Å²) < 4.78 is 7.25. The molecular formula is C11H16N4O2. The topological polar surface area (TPSA) is 82.2 Å². The lowest BCUT2D eigenvalue weighted by molar-refractivity contribution is -0.0162. The maximum absolute atomic E-state index is 12.0. The number of imidazole rings is 1. The molecule has 92 valence electrons. The lowest BCUT2D eigenvalue weighted by Crippen LogP contribution is -2.69. The van der Waals surface area contributed by atoms with Crippen LogP contribution in [-0.4, -0.2) is 40.3 Å². The van der Waals surface area contributed by atoms with E-state index in [1.807, 2.05) is 0 Å². The van der Waals surface area contributed by atoms with Gasteiger partial charge in [0.05, 0.1) is 24.7 Å². The molecule has 3 N–H and O–H groups in total. The van der Waals surface area contributed by atoms with Crippen LogP contribution in [0.2, 0.25) is 0 Å². The third-order valence-electron chi connectivity index (χ3n) is 3.79. The highest BCUT2D eigenvalue weighted by molar-refractivity contribution is 5.92. The van der Waals surface area contributed by atoms with Gasteiger partial charge >= 0.3 is 0 Å². The van der Waals surface area contributed by atoms with Crippen molar-refractivity contribution in [3.05, 3.63) is 18.2 Å². The third kappa shape index (κ3) is 1.56. The van der Waals surface area contributed by atoms with Crippen LogP contribution in [0.4, 0.5) is 0 Å². The van der Waals surface area contributed by atoms with Crippen LogP contribution in [-0.2, 0) is 11.8 Å². The Bertz CT molecular complexity index is 444. The molecule has 1 aromatic heterocycles. The van der Waals surface area contributed by atoms with Crippen LogP contribution in [0, 0.1) is 5.92 Å². The summed E-state index contributed by atoms with van der Waals surface area (Å²) in [5.74, 6) is 0.270. The molecule has 2 aliphatic rings. The lowest BCUT2D eigenvalue weighted by atomic mass is 9.72. The number of fused-ring (bicyclic) bond motifs is 1. The van der Waals surface area contributed by atoms with Gasteiger partial charge in [0.1, 0.15) is 5.69 Å². The molecule has 17 heavy (non-hydrogen) atoms. The average molecular weight is 236 g/mol. The van der Waals surface area contributed by atoms with E-state index in [4.69, 9.17) is 10.5 Å². The molecule has 1 aromatic rings. The first kappa shape index (κ1) is 10.7. The number of ether oxygens (including phenoxy) is 1. The molecule has 3 rings (SSSR count). The van der Waals surface area contributed by atoms with Crippen molar-refractivity contribution in [2.75, 3.05) is 6.61 Å². The van der Waals surface area contributed by atoms with Crippen molar-refractivity contribution in [1.29, 1.82) is 0 Å². The van der Waals surface area contributed by atoms with E-state index in [0.29, 0.717) is 11.6 Å². The number of rotatable bonds is 2. The van der Waals surface area contributed by atoms with Crippen LogP contribution in [0.25, 0.3) is 0 Å². The predicted octanol–water partition coefficient (Wildman–Crippen LogP) is -0.735. The molecule has 0 bridgehead atoms. The molecule has 4 atom stereocenters. The van der Waals surface area contributed by atoms with Crippen molar-refractivity contribution >= 4 is 5.91 Å². The van der Waals surface area contributed by atoms with Gasteiger partial charge in [-0.3, -0.25) is 4.79 Å². The Balaban J connectivity index is 1.68. The quantitative estimate of drug-likeness (QED) is 0.709. The van der Waals surface area contributed by atoms with E-state index in [1.54, 1.807) is 24.1 Å². The van der Waals surface area contributed by atoms with Gasteiger partial charge in [-0.15, -0.1) is 0 Å². The molecule has 2 fully saturated rings. The van der Waals surface area contributed by atoms with Gasteiger partial charge in [-0.2, -0.15) is 0 Å². The summed E-state index contributed by atoms with van der Waals surface area (Å²) in [4.78, 5) is 15.9. The molecule has 6 heteroatoms. The lowest BCUT2D eigenvalue weighted by Gasteiger charge is -2.45. The molecule has 1 aliphatic carbocycles. The second-order valence-electron chi connectivity index (χ2n) is 4.75. The summed E-state index contributed by atoms with van der Waals surface area (Å²) in [5.41, 5.74) is 6.57. The maximum Gasteiger partial charge on any atom is 0.269 e. The van der Waals surface area contributed by atoms with Gasteiger partial charge in [-0.1, -0.05) is 0 Å². The van der Waals surface area contributed by atoms with Crippen LogP contribution in [0.15, 0.2) is 12.5 Å². The van der Waals surface area contributed by atoms with Gasteiger partial charge in [-0.25, -0.2) is 4.98 Å². The molecule has 1 saturated carbocycles. The highest BCUT2D eigenvalue weighted by atomic mass is 16.5. The highest BCUT2D eigenvalue weighted by Crippen LogP contribution is 2.37.